The van der Waals surface area contributed by atoms with Crippen molar-refractivity contribution < 1.29 is 14.3 Å². The van der Waals surface area contributed by atoms with Gasteiger partial charge in [0.1, 0.15) is 5.75 Å². The molecule has 0 saturated carbocycles. The predicted octanol–water partition coefficient (Wildman–Crippen LogP) is 4.23. The van der Waals surface area contributed by atoms with E-state index in [-0.39, 0.29) is 11.9 Å². The number of carbonyl (C=O) groups excluding carboxylic acids is 1. The topological polar surface area (TPSA) is 73.3 Å². The predicted molar refractivity (Wildman–Crippen MR) is 107 cm³/mol. The molecule has 7 heteroatoms. The van der Waals surface area contributed by atoms with Crippen LogP contribution >= 0.6 is 11.3 Å². The molecule has 4 rings (SSSR count). The maximum Gasteiger partial charge on any atom is 0.278 e. The molecule has 0 spiro atoms. The first-order chi connectivity index (χ1) is 13.8. The molecule has 1 unspecified atom stereocenters. The quantitative estimate of drug-likeness (QED) is 0.676. The van der Waals surface area contributed by atoms with Gasteiger partial charge in [-0.15, -0.1) is 0 Å². The van der Waals surface area contributed by atoms with Crippen LogP contribution in [-0.4, -0.2) is 29.1 Å². The summed E-state index contributed by atoms with van der Waals surface area (Å²) < 4.78 is 11.1. The molecular weight excluding hydrogens is 374 g/mol. The number of ether oxygens (including phenoxy) is 2. The van der Waals surface area contributed by atoms with Crippen molar-refractivity contribution in [3.8, 4) is 10.9 Å². The summed E-state index contributed by atoms with van der Waals surface area (Å²) in [6, 6.07) is 10.9. The lowest BCUT2D eigenvalue weighted by atomic mass is 9.87. The van der Waals surface area contributed by atoms with Crippen LogP contribution in [0.5, 0.6) is 10.9 Å². The Morgan fingerprint density at radius 2 is 2.00 bits per heavy atom. The first-order valence-corrected chi connectivity index (χ1v) is 10.1. The van der Waals surface area contributed by atoms with Gasteiger partial charge in [-0.3, -0.25) is 9.78 Å². The summed E-state index contributed by atoms with van der Waals surface area (Å²) in [7, 11) is 0. The number of thiazole rings is 1. The Balaban J connectivity index is 1.47. The van der Waals surface area contributed by atoms with Crippen LogP contribution < -0.4 is 10.1 Å². The average Bonchev–Trinajstić information content (AvgIpc) is 3.27. The van der Waals surface area contributed by atoms with Crippen molar-refractivity contribution in [2.45, 2.75) is 18.9 Å². The number of benzene rings is 1. The highest BCUT2D eigenvalue weighted by molar-refractivity contribution is 7.11. The molecule has 1 atom stereocenters. The van der Waals surface area contributed by atoms with E-state index in [0.717, 1.165) is 31.6 Å². The van der Waals surface area contributed by atoms with Gasteiger partial charge in [-0.05, 0) is 54.7 Å². The molecule has 144 valence electrons. The van der Waals surface area contributed by atoms with Gasteiger partial charge in [0.2, 0.25) is 0 Å². The second-order valence-corrected chi connectivity index (χ2v) is 7.47. The van der Waals surface area contributed by atoms with Crippen molar-refractivity contribution in [2.75, 3.05) is 13.2 Å². The molecule has 1 saturated heterocycles. The minimum atomic E-state index is -0.110. The lowest BCUT2D eigenvalue weighted by molar-refractivity contribution is 0.0513. The van der Waals surface area contributed by atoms with E-state index >= 15 is 0 Å². The van der Waals surface area contributed by atoms with E-state index in [1.807, 2.05) is 23.7 Å². The Morgan fingerprint density at radius 1 is 1.18 bits per heavy atom. The van der Waals surface area contributed by atoms with E-state index < -0.39 is 0 Å². The van der Waals surface area contributed by atoms with Crippen LogP contribution in [0.3, 0.4) is 0 Å². The van der Waals surface area contributed by atoms with Crippen LogP contribution in [-0.2, 0) is 4.74 Å². The SMILES string of the molecule is O=C(NC(c1cccnc1)C1CCOCC1)c1ccc(Oc2nccs2)cc1. The average molecular weight is 395 g/mol. The van der Waals surface area contributed by atoms with Crippen molar-refractivity contribution in [2.24, 2.45) is 5.92 Å². The maximum absolute atomic E-state index is 12.9. The number of hydrogen-bond acceptors (Lipinski definition) is 6. The van der Waals surface area contributed by atoms with Crippen LogP contribution in [0.4, 0.5) is 0 Å². The fourth-order valence-corrected chi connectivity index (χ4v) is 3.85. The summed E-state index contributed by atoms with van der Waals surface area (Å²) in [6.07, 6.45) is 7.09. The maximum atomic E-state index is 12.9. The molecule has 6 nitrogen and oxygen atoms in total. The first-order valence-electron chi connectivity index (χ1n) is 9.25. The molecule has 0 aliphatic carbocycles. The summed E-state index contributed by atoms with van der Waals surface area (Å²) in [4.78, 5) is 21.2. The molecule has 1 amide bonds. The number of carbonyl (C=O) groups is 1. The van der Waals surface area contributed by atoms with Gasteiger partial charge in [-0.2, -0.15) is 0 Å². The molecule has 1 aliphatic rings. The molecule has 1 fully saturated rings. The van der Waals surface area contributed by atoms with Crippen LogP contribution in [0.2, 0.25) is 0 Å². The fourth-order valence-electron chi connectivity index (χ4n) is 3.34. The minimum Gasteiger partial charge on any atom is -0.431 e. The summed E-state index contributed by atoms with van der Waals surface area (Å²) in [5, 5.41) is 5.63. The first kappa shape index (κ1) is 18.6. The Hall–Kier alpha value is -2.77. The summed E-state index contributed by atoms with van der Waals surface area (Å²) in [6.45, 7) is 1.44. The number of hydrogen-bond donors (Lipinski definition) is 1. The number of rotatable bonds is 6. The van der Waals surface area contributed by atoms with Crippen molar-refractivity contribution in [1.82, 2.24) is 15.3 Å². The summed E-state index contributed by atoms with van der Waals surface area (Å²) in [5.74, 6) is 0.871. The Labute approximate surface area is 167 Å². The van der Waals surface area contributed by atoms with Crippen LogP contribution in [0.25, 0.3) is 0 Å². The molecule has 2 aromatic heterocycles. The molecule has 0 bridgehead atoms. The second kappa shape index (κ2) is 8.95. The van der Waals surface area contributed by atoms with E-state index in [1.54, 1.807) is 36.7 Å². The lowest BCUT2D eigenvalue weighted by Gasteiger charge is -2.31. The second-order valence-electron chi connectivity index (χ2n) is 6.61. The van der Waals surface area contributed by atoms with Gasteiger partial charge < -0.3 is 14.8 Å². The van der Waals surface area contributed by atoms with Gasteiger partial charge in [0.15, 0.2) is 0 Å². The molecule has 3 heterocycles. The smallest absolute Gasteiger partial charge is 0.278 e. The fraction of sp³-hybridized carbons (Fsp3) is 0.286. The third kappa shape index (κ3) is 4.55. The minimum absolute atomic E-state index is 0.0867. The van der Waals surface area contributed by atoms with Gasteiger partial charge in [-0.1, -0.05) is 17.4 Å². The normalized spacial score (nSPS) is 15.7. The van der Waals surface area contributed by atoms with E-state index in [0.29, 0.717) is 22.4 Å². The Bertz CT molecular complexity index is 879. The Kier molecular flexibility index (Phi) is 5.94. The van der Waals surface area contributed by atoms with Gasteiger partial charge in [0.05, 0.1) is 6.04 Å². The zero-order valence-electron chi connectivity index (χ0n) is 15.3. The molecule has 0 radical (unpaired) electrons. The molecule has 1 aromatic carbocycles. The highest BCUT2D eigenvalue weighted by Crippen LogP contribution is 2.30. The van der Waals surface area contributed by atoms with E-state index in [4.69, 9.17) is 9.47 Å². The highest BCUT2D eigenvalue weighted by Gasteiger charge is 2.27. The lowest BCUT2D eigenvalue weighted by Crippen LogP contribution is -2.36. The molecule has 1 aliphatic heterocycles. The third-order valence-electron chi connectivity index (χ3n) is 4.80. The number of amides is 1. The number of aromatic nitrogens is 2. The zero-order valence-corrected chi connectivity index (χ0v) is 16.1. The number of nitrogens with zero attached hydrogens (tertiary/aromatic N) is 2. The van der Waals surface area contributed by atoms with Gasteiger partial charge >= 0.3 is 0 Å². The largest absolute Gasteiger partial charge is 0.431 e. The Morgan fingerprint density at radius 3 is 2.68 bits per heavy atom. The monoisotopic (exact) mass is 395 g/mol. The van der Waals surface area contributed by atoms with Crippen molar-refractivity contribution in [3.63, 3.8) is 0 Å². The van der Waals surface area contributed by atoms with Crippen molar-refractivity contribution >= 4 is 17.2 Å². The van der Waals surface area contributed by atoms with Crippen molar-refractivity contribution in [3.05, 3.63) is 71.5 Å². The number of nitrogens with one attached hydrogen (secondary N) is 1. The zero-order chi connectivity index (χ0) is 19.2. The standard InChI is InChI=1S/C21H21N3O3S/c25-20(16-3-5-18(6-4-16)27-21-23-10-13-28-21)24-19(15-7-11-26-12-8-15)17-2-1-9-22-14-17/h1-6,9-10,13-15,19H,7-8,11-12H2,(H,24,25). The van der Waals surface area contributed by atoms with E-state index in [1.165, 1.54) is 11.3 Å². The van der Waals surface area contributed by atoms with Crippen LogP contribution in [0.1, 0.15) is 34.8 Å². The molecular formula is C21H21N3O3S. The highest BCUT2D eigenvalue weighted by atomic mass is 32.1. The van der Waals surface area contributed by atoms with Crippen LogP contribution in [0.15, 0.2) is 60.4 Å². The van der Waals surface area contributed by atoms with Gasteiger partial charge in [0, 0.05) is 42.7 Å². The third-order valence-corrected chi connectivity index (χ3v) is 5.45. The number of pyridine rings is 1. The molecule has 28 heavy (non-hydrogen) atoms. The summed E-state index contributed by atoms with van der Waals surface area (Å²) >= 11 is 1.42. The van der Waals surface area contributed by atoms with Gasteiger partial charge in [-0.25, -0.2) is 4.98 Å². The van der Waals surface area contributed by atoms with E-state index in [2.05, 4.69) is 15.3 Å². The van der Waals surface area contributed by atoms with Crippen LogP contribution in [0, 0.1) is 5.92 Å². The summed E-state index contributed by atoms with van der Waals surface area (Å²) in [5.41, 5.74) is 1.61. The molecule has 1 N–H and O–H groups in total. The van der Waals surface area contributed by atoms with Gasteiger partial charge in [0.25, 0.3) is 11.1 Å². The van der Waals surface area contributed by atoms with Crippen molar-refractivity contribution in [1.29, 1.82) is 0 Å². The molecule has 3 aromatic rings. The van der Waals surface area contributed by atoms with E-state index in [9.17, 15) is 4.79 Å².